The molecule has 0 aliphatic rings. The monoisotopic (exact) mass is 376 g/mol. The number of hydrogen-bond acceptors (Lipinski definition) is 5. The van der Waals surface area contributed by atoms with Crippen LogP contribution in [0.25, 0.3) is 10.7 Å². The first-order valence-electron chi connectivity index (χ1n) is 7.83. The van der Waals surface area contributed by atoms with E-state index < -0.39 is 12.1 Å². The summed E-state index contributed by atoms with van der Waals surface area (Å²) in [5.74, 6) is -1.48. The highest BCUT2D eigenvalue weighted by Crippen LogP contribution is 2.32. The summed E-state index contributed by atoms with van der Waals surface area (Å²) in [5.41, 5.74) is 0. The molecular formula is C15H19F3N4O2S. The van der Waals surface area contributed by atoms with Crippen molar-refractivity contribution in [2.24, 2.45) is 0 Å². The van der Waals surface area contributed by atoms with Crippen LogP contribution in [-0.2, 0) is 12.7 Å². The van der Waals surface area contributed by atoms with E-state index in [1.54, 1.807) is 21.9 Å². The van der Waals surface area contributed by atoms with Gasteiger partial charge in [0.1, 0.15) is 0 Å². The van der Waals surface area contributed by atoms with E-state index in [0.717, 1.165) is 4.88 Å². The van der Waals surface area contributed by atoms with Crippen LogP contribution in [-0.4, -0.2) is 45.6 Å². The molecule has 2 amide bonds. The minimum Gasteiger partial charge on any atom is -0.329 e. The first-order valence-corrected chi connectivity index (χ1v) is 8.65. The van der Waals surface area contributed by atoms with Gasteiger partial charge in [0.05, 0.1) is 11.4 Å². The molecule has 2 rings (SSSR count). The number of urea groups is 1. The topological polar surface area (TPSA) is 62.5 Å². The Bertz CT molecular complexity index is 710. The molecule has 2 aromatic rings. The lowest BCUT2D eigenvalue weighted by Gasteiger charge is -2.28. The van der Waals surface area contributed by atoms with E-state index in [0.29, 0.717) is 31.1 Å². The third-order valence-electron chi connectivity index (χ3n) is 3.58. The molecule has 0 spiro atoms. The summed E-state index contributed by atoms with van der Waals surface area (Å²) in [4.78, 5) is 20.5. The molecule has 0 bridgehead atoms. The Morgan fingerprint density at radius 3 is 2.32 bits per heavy atom. The smallest absolute Gasteiger partial charge is 0.329 e. The van der Waals surface area contributed by atoms with Crippen LogP contribution in [0.2, 0.25) is 0 Å². The number of thiophene rings is 1. The van der Waals surface area contributed by atoms with E-state index >= 15 is 0 Å². The van der Waals surface area contributed by atoms with Crippen molar-refractivity contribution in [2.75, 3.05) is 19.6 Å². The lowest BCUT2D eigenvalue weighted by atomic mass is 10.4. The maximum absolute atomic E-state index is 12.5. The number of amides is 2. The fourth-order valence-corrected chi connectivity index (χ4v) is 3.17. The van der Waals surface area contributed by atoms with Gasteiger partial charge in [0, 0.05) is 24.5 Å². The first-order chi connectivity index (χ1) is 11.8. The van der Waals surface area contributed by atoms with Gasteiger partial charge in [0.2, 0.25) is 5.82 Å². The first kappa shape index (κ1) is 19.2. The Labute approximate surface area is 147 Å². The van der Waals surface area contributed by atoms with Crippen LogP contribution in [0.3, 0.4) is 0 Å². The molecule has 0 fully saturated rings. The molecule has 10 heteroatoms. The summed E-state index contributed by atoms with van der Waals surface area (Å²) in [6.07, 6.45) is -4.67. The van der Waals surface area contributed by atoms with E-state index in [4.69, 9.17) is 0 Å². The lowest BCUT2D eigenvalue weighted by Crippen LogP contribution is -2.42. The molecule has 2 heterocycles. The fraction of sp³-hybridized carbons (Fsp3) is 0.533. The van der Waals surface area contributed by atoms with Gasteiger partial charge in [0.15, 0.2) is 0 Å². The van der Waals surface area contributed by atoms with E-state index in [1.807, 2.05) is 20.8 Å². The highest BCUT2D eigenvalue weighted by Gasteiger charge is 2.38. The van der Waals surface area contributed by atoms with Crippen LogP contribution in [0.1, 0.15) is 31.5 Å². The number of carbonyl (C=O) groups is 1. The molecule has 138 valence electrons. The predicted octanol–water partition coefficient (Wildman–Crippen LogP) is 4.10. The number of alkyl halides is 3. The molecule has 0 unspecified atom stereocenters. The molecule has 0 aliphatic heterocycles. The van der Waals surface area contributed by atoms with Crippen molar-refractivity contribution < 1.29 is 22.5 Å². The molecule has 25 heavy (non-hydrogen) atoms. The lowest BCUT2D eigenvalue weighted by molar-refractivity contribution is -0.159. The summed E-state index contributed by atoms with van der Waals surface area (Å²) in [7, 11) is 0. The Balaban J connectivity index is 2.12. The number of carbonyl (C=O) groups excluding carboxylic acids is 1. The van der Waals surface area contributed by atoms with E-state index in [9.17, 15) is 18.0 Å². The highest BCUT2D eigenvalue weighted by molar-refractivity contribution is 7.15. The molecule has 0 aromatic carbocycles. The second-order valence-electron chi connectivity index (χ2n) is 5.16. The van der Waals surface area contributed by atoms with Crippen molar-refractivity contribution in [3.63, 3.8) is 0 Å². The molecule has 0 saturated heterocycles. The summed E-state index contributed by atoms with van der Waals surface area (Å²) in [6, 6.07) is 3.31. The molecule has 6 nitrogen and oxygen atoms in total. The van der Waals surface area contributed by atoms with Gasteiger partial charge in [-0.3, -0.25) is 0 Å². The largest absolute Gasteiger partial charge is 0.471 e. The fourth-order valence-electron chi connectivity index (χ4n) is 2.22. The van der Waals surface area contributed by atoms with Gasteiger partial charge in [-0.15, -0.1) is 11.3 Å². The van der Waals surface area contributed by atoms with Crippen LogP contribution < -0.4 is 0 Å². The maximum Gasteiger partial charge on any atom is 0.471 e. The van der Waals surface area contributed by atoms with Crippen molar-refractivity contribution in [1.29, 1.82) is 0 Å². The number of aromatic nitrogens is 2. The minimum absolute atomic E-state index is 0.0682. The summed E-state index contributed by atoms with van der Waals surface area (Å²) >= 11 is 1.23. The van der Waals surface area contributed by atoms with Gasteiger partial charge in [-0.2, -0.15) is 18.2 Å². The van der Waals surface area contributed by atoms with Crippen LogP contribution >= 0.6 is 11.3 Å². The SMILES string of the molecule is CCN(CC)C(=O)N(CC)Cc1ccc(-c2noc(C(F)(F)F)n2)s1. The second kappa shape index (κ2) is 7.85. The number of nitrogens with zero attached hydrogens (tertiary/aromatic N) is 4. The molecule has 0 radical (unpaired) electrons. The minimum atomic E-state index is -4.67. The molecule has 2 aromatic heterocycles. The van der Waals surface area contributed by atoms with Crippen LogP contribution in [0.15, 0.2) is 16.7 Å². The van der Waals surface area contributed by atoms with Crippen molar-refractivity contribution in [3.8, 4) is 10.7 Å². The standard InChI is InChI=1S/C15H19F3N4O2S/c1-4-21(5-2)14(23)22(6-3)9-10-7-8-11(25-10)12-19-13(24-20-12)15(16,17)18/h7-8H,4-6,9H2,1-3H3. The van der Waals surface area contributed by atoms with Gasteiger partial charge in [0.25, 0.3) is 0 Å². The van der Waals surface area contributed by atoms with E-state index in [1.165, 1.54) is 11.3 Å². The van der Waals surface area contributed by atoms with E-state index in [-0.39, 0.29) is 11.9 Å². The third kappa shape index (κ3) is 4.50. The number of rotatable bonds is 6. The summed E-state index contributed by atoms with van der Waals surface area (Å²) < 4.78 is 41.8. The summed E-state index contributed by atoms with van der Waals surface area (Å²) in [5, 5.41) is 3.37. The van der Waals surface area contributed by atoms with E-state index in [2.05, 4.69) is 14.7 Å². The van der Waals surface area contributed by atoms with Crippen LogP contribution in [0, 0.1) is 0 Å². The van der Waals surface area contributed by atoms with Gasteiger partial charge < -0.3 is 14.3 Å². The predicted molar refractivity (Wildman–Crippen MR) is 87.0 cm³/mol. The third-order valence-corrected chi connectivity index (χ3v) is 4.65. The quantitative estimate of drug-likeness (QED) is 0.761. The zero-order valence-corrected chi connectivity index (χ0v) is 14.9. The highest BCUT2D eigenvalue weighted by atomic mass is 32.1. The Kier molecular flexibility index (Phi) is 6.04. The maximum atomic E-state index is 12.5. The van der Waals surface area contributed by atoms with Crippen LogP contribution in [0.5, 0.6) is 0 Å². The number of halogens is 3. The second-order valence-corrected chi connectivity index (χ2v) is 6.32. The molecule has 0 atom stereocenters. The molecular weight excluding hydrogens is 357 g/mol. The van der Waals surface area contributed by atoms with Crippen molar-refractivity contribution in [1.82, 2.24) is 19.9 Å². The molecule has 0 aliphatic carbocycles. The zero-order valence-electron chi connectivity index (χ0n) is 14.1. The van der Waals surface area contributed by atoms with Crippen molar-refractivity contribution >= 4 is 17.4 Å². The zero-order chi connectivity index (χ0) is 18.6. The van der Waals surface area contributed by atoms with Gasteiger partial charge in [-0.25, -0.2) is 4.79 Å². The average molecular weight is 376 g/mol. The van der Waals surface area contributed by atoms with Crippen molar-refractivity contribution in [3.05, 3.63) is 22.9 Å². The summed E-state index contributed by atoms with van der Waals surface area (Å²) in [6.45, 7) is 7.84. The van der Waals surface area contributed by atoms with Gasteiger partial charge in [-0.05, 0) is 32.9 Å². The Hall–Kier alpha value is -2.10. The Morgan fingerprint density at radius 2 is 1.80 bits per heavy atom. The number of hydrogen-bond donors (Lipinski definition) is 0. The van der Waals surface area contributed by atoms with Crippen molar-refractivity contribution in [2.45, 2.75) is 33.5 Å². The molecule has 0 saturated carbocycles. The normalized spacial score (nSPS) is 11.6. The average Bonchev–Trinajstić information content (AvgIpc) is 3.22. The van der Waals surface area contributed by atoms with Gasteiger partial charge in [-0.1, -0.05) is 5.16 Å². The molecule has 0 N–H and O–H groups in total. The van der Waals surface area contributed by atoms with Crippen LogP contribution in [0.4, 0.5) is 18.0 Å². The van der Waals surface area contributed by atoms with Gasteiger partial charge >= 0.3 is 18.1 Å². The Morgan fingerprint density at radius 1 is 1.16 bits per heavy atom.